The van der Waals surface area contributed by atoms with Crippen LogP contribution in [0.4, 0.5) is 0 Å². The molecule has 4 rings (SSSR count). The van der Waals surface area contributed by atoms with Gasteiger partial charge in [0, 0.05) is 18.3 Å². The van der Waals surface area contributed by atoms with Gasteiger partial charge in [0.05, 0.1) is 20.1 Å². The van der Waals surface area contributed by atoms with Gasteiger partial charge in [0.25, 0.3) is 0 Å². The molecule has 0 bridgehead atoms. The van der Waals surface area contributed by atoms with Gasteiger partial charge in [-0.1, -0.05) is 6.07 Å². The number of benzene rings is 1. The van der Waals surface area contributed by atoms with Crippen LogP contribution < -0.4 is 4.74 Å². The van der Waals surface area contributed by atoms with Crippen LogP contribution in [-0.4, -0.2) is 32.3 Å². The first kappa shape index (κ1) is 20.1. The molecular weight excluding hydrogens is 368 g/mol. The Hall–Kier alpha value is -2.17. The first-order valence-corrected chi connectivity index (χ1v) is 10.7. The van der Waals surface area contributed by atoms with Gasteiger partial charge in [0.1, 0.15) is 17.8 Å². The summed E-state index contributed by atoms with van der Waals surface area (Å²) in [6, 6.07) is 6.15. The summed E-state index contributed by atoms with van der Waals surface area (Å²) in [4.78, 5) is 37.2. The highest BCUT2D eigenvalue weighted by molar-refractivity contribution is 5.81. The lowest BCUT2D eigenvalue weighted by molar-refractivity contribution is -0.156. The van der Waals surface area contributed by atoms with Gasteiger partial charge in [0.2, 0.25) is 0 Å². The van der Waals surface area contributed by atoms with Crippen molar-refractivity contribution in [2.75, 3.05) is 14.2 Å². The quantitative estimate of drug-likeness (QED) is 0.558. The topological polar surface area (TPSA) is 69.7 Å². The van der Waals surface area contributed by atoms with Gasteiger partial charge in [0.15, 0.2) is 0 Å². The molecule has 29 heavy (non-hydrogen) atoms. The minimum absolute atomic E-state index is 0.0765. The second-order valence-electron chi connectivity index (χ2n) is 9.08. The van der Waals surface area contributed by atoms with E-state index in [2.05, 4.69) is 12.1 Å². The maximum absolute atomic E-state index is 12.9. The predicted octanol–water partition coefficient (Wildman–Crippen LogP) is 3.72. The minimum atomic E-state index is -0.405. The molecule has 0 N–H and O–H groups in total. The smallest absolute Gasteiger partial charge is 0.309 e. The summed E-state index contributed by atoms with van der Waals surface area (Å²) in [5.41, 5.74) is 2.05. The van der Waals surface area contributed by atoms with E-state index >= 15 is 0 Å². The van der Waals surface area contributed by atoms with Crippen molar-refractivity contribution in [3.8, 4) is 5.75 Å². The van der Waals surface area contributed by atoms with E-state index in [-0.39, 0.29) is 35.4 Å². The van der Waals surface area contributed by atoms with Crippen LogP contribution in [0.15, 0.2) is 18.2 Å². The first-order valence-electron chi connectivity index (χ1n) is 10.7. The SMILES string of the molecule is COC(=O)[C@H]1C[C@@]2(CC=O)[C@H](C(C)=O)CC[C@H]2[C@@H]2CCc3cc(OC)ccc3[C@H]21. The van der Waals surface area contributed by atoms with Gasteiger partial charge < -0.3 is 14.3 Å². The number of carbonyl (C=O) groups is 3. The van der Waals surface area contributed by atoms with Gasteiger partial charge in [-0.2, -0.15) is 0 Å². The van der Waals surface area contributed by atoms with E-state index in [0.717, 1.165) is 37.7 Å². The molecular formula is C24H30O5. The number of hydrogen-bond donors (Lipinski definition) is 0. The normalized spacial score (nSPS) is 35.1. The Balaban J connectivity index is 1.83. The van der Waals surface area contributed by atoms with Crippen LogP contribution >= 0.6 is 0 Å². The van der Waals surface area contributed by atoms with Crippen molar-refractivity contribution in [3.63, 3.8) is 0 Å². The third-order valence-electron chi connectivity index (χ3n) is 8.12. The van der Waals surface area contributed by atoms with Crippen molar-refractivity contribution in [2.24, 2.45) is 29.1 Å². The Kier molecular flexibility index (Phi) is 5.26. The van der Waals surface area contributed by atoms with Gasteiger partial charge >= 0.3 is 5.97 Å². The summed E-state index contributed by atoms with van der Waals surface area (Å²) in [5.74, 6) is 0.962. The number of Topliss-reactive ketones (excluding diaryl/α,β-unsaturated/α-hetero) is 1. The van der Waals surface area contributed by atoms with Crippen LogP contribution in [-0.2, 0) is 25.5 Å². The van der Waals surface area contributed by atoms with Crippen molar-refractivity contribution < 1.29 is 23.9 Å². The maximum atomic E-state index is 12.9. The summed E-state index contributed by atoms with van der Waals surface area (Å²) in [7, 11) is 3.10. The van der Waals surface area contributed by atoms with Crippen LogP contribution in [0.5, 0.6) is 5.75 Å². The van der Waals surface area contributed by atoms with Crippen molar-refractivity contribution in [1.29, 1.82) is 0 Å². The second-order valence-corrected chi connectivity index (χ2v) is 9.08. The third-order valence-corrected chi connectivity index (χ3v) is 8.12. The summed E-state index contributed by atoms with van der Waals surface area (Å²) >= 11 is 0. The molecule has 156 valence electrons. The van der Waals surface area contributed by atoms with Gasteiger partial charge in [-0.25, -0.2) is 0 Å². The van der Waals surface area contributed by atoms with Crippen LogP contribution in [0.2, 0.25) is 0 Å². The first-order chi connectivity index (χ1) is 14.0. The fraction of sp³-hybridized carbons (Fsp3) is 0.625. The Morgan fingerprint density at radius 1 is 1.21 bits per heavy atom. The van der Waals surface area contributed by atoms with E-state index in [1.807, 2.05) is 6.07 Å². The molecule has 3 aliphatic carbocycles. The highest BCUT2D eigenvalue weighted by atomic mass is 16.5. The Morgan fingerprint density at radius 2 is 2.00 bits per heavy atom. The molecule has 5 nitrogen and oxygen atoms in total. The molecule has 5 heteroatoms. The number of carbonyl (C=O) groups excluding carboxylic acids is 3. The van der Waals surface area contributed by atoms with Gasteiger partial charge in [-0.05, 0) is 79.5 Å². The van der Waals surface area contributed by atoms with Gasteiger partial charge in [-0.15, -0.1) is 0 Å². The van der Waals surface area contributed by atoms with E-state index in [1.165, 1.54) is 18.2 Å². The number of aryl methyl sites for hydroxylation is 1. The molecule has 1 aromatic carbocycles. The van der Waals surface area contributed by atoms with Crippen LogP contribution in [0.1, 0.15) is 56.1 Å². The minimum Gasteiger partial charge on any atom is -0.497 e. The monoisotopic (exact) mass is 398 g/mol. The molecule has 1 aromatic rings. The molecule has 0 amide bonds. The Bertz CT molecular complexity index is 831. The molecule has 0 radical (unpaired) electrons. The molecule has 6 atom stereocenters. The van der Waals surface area contributed by atoms with Crippen molar-refractivity contribution in [2.45, 2.75) is 51.4 Å². The molecule has 2 fully saturated rings. The summed E-state index contributed by atoms with van der Waals surface area (Å²) < 4.78 is 10.6. The van der Waals surface area contributed by atoms with E-state index in [1.54, 1.807) is 14.0 Å². The van der Waals surface area contributed by atoms with Crippen molar-refractivity contribution in [1.82, 2.24) is 0 Å². The average molecular weight is 398 g/mol. The van der Waals surface area contributed by atoms with Crippen LogP contribution in [0.25, 0.3) is 0 Å². The average Bonchev–Trinajstić information content (AvgIpc) is 3.11. The number of rotatable bonds is 5. The number of fused-ring (bicyclic) bond motifs is 5. The predicted molar refractivity (Wildman–Crippen MR) is 108 cm³/mol. The number of ether oxygens (including phenoxy) is 2. The molecule has 0 spiro atoms. The molecule has 0 aromatic heterocycles. The molecule has 2 saturated carbocycles. The van der Waals surface area contributed by atoms with Crippen LogP contribution in [0, 0.1) is 29.1 Å². The lowest BCUT2D eigenvalue weighted by atomic mass is 9.49. The fourth-order valence-electron chi connectivity index (χ4n) is 7.12. The maximum Gasteiger partial charge on any atom is 0.309 e. The number of methoxy groups -OCH3 is 2. The van der Waals surface area contributed by atoms with Crippen molar-refractivity contribution in [3.05, 3.63) is 29.3 Å². The molecule has 0 heterocycles. The van der Waals surface area contributed by atoms with Gasteiger partial charge in [-0.3, -0.25) is 9.59 Å². The number of hydrogen-bond acceptors (Lipinski definition) is 5. The zero-order valence-corrected chi connectivity index (χ0v) is 17.5. The Labute approximate surface area is 172 Å². The number of aldehydes is 1. The van der Waals surface area contributed by atoms with Crippen LogP contribution in [0.3, 0.4) is 0 Å². The number of ketones is 1. The summed E-state index contributed by atoms with van der Waals surface area (Å²) in [6.07, 6.45) is 5.55. The largest absolute Gasteiger partial charge is 0.497 e. The second kappa shape index (κ2) is 7.58. The highest BCUT2D eigenvalue weighted by Gasteiger charge is 2.62. The fourth-order valence-corrected chi connectivity index (χ4v) is 7.12. The third kappa shape index (κ3) is 3.01. The standard InChI is InChI=1S/C24H30O5/c1-14(26)20-8-9-21-18-6-4-15-12-16(28-2)5-7-17(15)22(18)19(23(27)29-3)13-24(20,21)10-11-25/h5,7,11-12,18-22H,4,6,8-10,13H2,1-3H3/t18-,19-,20-,21-,22+,24-/m0/s1. The lowest BCUT2D eigenvalue weighted by Gasteiger charge is -2.54. The lowest BCUT2D eigenvalue weighted by Crippen LogP contribution is -2.51. The molecule has 0 aliphatic heterocycles. The summed E-state index contributed by atoms with van der Waals surface area (Å²) in [6.45, 7) is 1.64. The van der Waals surface area contributed by atoms with E-state index < -0.39 is 5.41 Å². The zero-order chi connectivity index (χ0) is 20.8. The molecule has 0 unspecified atom stereocenters. The summed E-state index contributed by atoms with van der Waals surface area (Å²) in [5, 5.41) is 0. The Morgan fingerprint density at radius 3 is 2.66 bits per heavy atom. The number of esters is 1. The van der Waals surface area contributed by atoms with E-state index in [0.29, 0.717) is 18.8 Å². The van der Waals surface area contributed by atoms with E-state index in [9.17, 15) is 14.4 Å². The highest BCUT2D eigenvalue weighted by Crippen LogP contribution is 2.66. The van der Waals surface area contributed by atoms with E-state index in [4.69, 9.17) is 9.47 Å². The molecule has 0 saturated heterocycles. The molecule has 3 aliphatic rings. The zero-order valence-electron chi connectivity index (χ0n) is 17.5. The van der Waals surface area contributed by atoms with Crippen molar-refractivity contribution >= 4 is 18.0 Å².